The highest BCUT2D eigenvalue weighted by atomic mass is 35.5. The fourth-order valence-electron chi connectivity index (χ4n) is 5.52. The number of amides is 1. The molecule has 4 aromatic rings. The highest BCUT2D eigenvalue weighted by molar-refractivity contribution is 6.09. The zero-order chi connectivity index (χ0) is 27.5. The summed E-state index contributed by atoms with van der Waals surface area (Å²) < 4.78 is 0. The maximum absolute atomic E-state index is 12.9. The van der Waals surface area contributed by atoms with Crippen LogP contribution in [-0.2, 0) is 0 Å². The van der Waals surface area contributed by atoms with E-state index in [1.54, 1.807) is 24.3 Å². The zero-order valence-electron chi connectivity index (χ0n) is 24.7. The number of halogens is 1. The number of aromatic nitrogens is 3. The van der Waals surface area contributed by atoms with Gasteiger partial charge in [0.15, 0.2) is 0 Å². The van der Waals surface area contributed by atoms with E-state index in [0.29, 0.717) is 35.5 Å². The third kappa shape index (κ3) is 7.62. The second-order valence-electron chi connectivity index (χ2n) is 10.4. The summed E-state index contributed by atoms with van der Waals surface area (Å²) >= 11 is 0. The van der Waals surface area contributed by atoms with Crippen molar-refractivity contribution in [3.63, 3.8) is 0 Å². The average molecular weight is 633 g/mol. The molecule has 2 aliphatic rings. The molecule has 1 aromatic heterocycles. The number of phenols is 1. The molecule has 0 radical (unpaired) electrons. The van der Waals surface area contributed by atoms with Crippen LogP contribution in [0.1, 0.15) is 46.7 Å². The quantitative estimate of drug-likeness (QED) is 0.153. The normalized spacial score (nSPS) is 15.7. The molecule has 3 aromatic carbocycles. The van der Waals surface area contributed by atoms with Crippen LogP contribution in [0.3, 0.4) is 0 Å². The van der Waals surface area contributed by atoms with Crippen molar-refractivity contribution in [2.75, 3.05) is 46.6 Å². The van der Waals surface area contributed by atoms with Gasteiger partial charge >= 0.3 is 0 Å². The summed E-state index contributed by atoms with van der Waals surface area (Å²) in [6.45, 7) is 3.32. The molecule has 3 heterocycles. The highest BCUT2D eigenvalue weighted by Gasteiger charge is 2.27. The Morgan fingerprint density at radius 3 is 2.30 bits per heavy atom. The number of nitrogens with zero attached hydrogens (tertiary/aromatic N) is 5. The van der Waals surface area contributed by atoms with Crippen LogP contribution in [0.5, 0.6) is 5.75 Å². The maximum atomic E-state index is 12.9. The second kappa shape index (κ2) is 16.0. The van der Waals surface area contributed by atoms with E-state index < -0.39 is 0 Å². The Kier molecular flexibility index (Phi) is 13.1. The number of benzene rings is 3. The van der Waals surface area contributed by atoms with Crippen molar-refractivity contribution in [2.45, 2.75) is 38.1 Å². The van der Waals surface area contributed by atoms with Crippen molar-refractivity contribution >= 4 is 58.3 Å². The molecule has 0 aliphatic carbocycles. The van der Waals surface area contributed by atoms with E-state index in [2.05, 4.69) is 20.4 Å². The Morgan fingerprint density at radius 1 is 0.886 bits per heavy atom. The Bertz CT molecular complexity index is 1540. The molecule has 1 atom stereocenters. The van der Waals surface area contributed by atoms with Gasteiger partial charge in [-0.05, 0) is 67.8 Å². The minimum absolute atomic E-state index is 0. The van der Waals surface area contributed by atoms with E-state index in [1.807, 2.05) is 36.4 Å². The number of nitrogens with one attached hydrogen (secondary N) is 2. The highest BCUT2D eigenvalue weighted by Crippen LogP contribution is 2.30. The van der Waals surface area contributed by atoms with Crippen molar-refractivity contribution in [1.29, 1.82) is 0 Å². The SMILES string of the molecule is Cl.N.N.NC[C@@H]1CCCN1c1nc(Nc2ccc(NC(=O)c3ccc4ccccc4c3O)cc2)nc(N2CCCCC2)n1.O.[HH].[HH].[HH]. The van der Waals surface area contributed by atoms with Crippen molar-refractivity contribution in [2.24, 2.45) is 5.73 Å². The summed E-state index contributed by atoms with van der Waals surface area (Å²) in [5, 5.41) is 18.4. The Balaban J connectivity index is 0. The zero-order valence-corrected chi connectivity index (χ0v) is 25.5. The molecule has 6 rings (SSSR count). The van der Waals surface area contributed by atoms with Gasteiger partial charge < -0.3 is 49.1 Å². The van der Waals surface area contributed by atoms with Gasteiger partial charge in [-0.3, -0.25) is 4.79 Å². The Morgan fingerprint density at radius 2 is 1.57 bits per heavy atom. The van der Waals surface area contributed by atoms with Gasteiger partial charge in [-0.25, -0.2) is 0 Å². The van der Waals surface area contributed by atoms with E-state index in [0.717, 1.165) is 56.4 Å². The number of aromatic hydroxyl groups is 1. The number of fused-ring (bicyclic) bond motifs is 1. The largest absolute Gasteiger partial charge is 0.506 e. The minimum atomic E-state index is -0.377. The number of anilines is 5. The third-order valence-corrected chi connectivity index (χ3v) is 7.70. The van der Waals surface area contributed by atoms with Gasteiger partial charge in [-0.15, -0.1) is 12.4 Å². The monoisotopic (exact) mass is 632 g/mol. The molecule has 44 heavy (non-hydrogen) atoms. The van der Waals surface area contributed by atoms with Crippen molar-refractivity contribution in [1.82, 2.24) is 27.3 Å². The van der Waals surface area contributed by atoms with E-state index >= 15 is 0 Å². The van der Waals surface area contributed by atoms with E-state index in [1.165, 1.54) is 6.42 Å². The van der Waals surface area contributed by atoms with E-state index in [-0.39, 0.29) is 57.7 Å². The predicted molar refractivity (Wildman–Crippen MR) is 186 cm³/mol. The summed E-state index contributed by atoms with van der Waals surface area (Å²) in [7, 11) is 0. The van der Waals surface area contributed by atoms with Gasteiger partial charge in [-0.2, -0.15) is 15.0 Å². The van der Waals surface area contributed by atoms with Gasteiger partial charge in [-0.1, -0.05) is 30.3 Å². The van der Waals surface area contributed by atoms with Crippen molar-refractivity contribution < 1.29 is 19.7 Å². The average Bonchev–Trinajstić information content (AvgIpc) is 3.48. The molecule has 1 amide bonds. The number of rotatable bonds is 7. The molecule has 13 nitrogen and oxygen atoms in total. The molecule has 0 bridgehead atoms. The van der Waals surface area contributed by atoms with Crippen LogP contribution in [0.25, 0.3) is 10.8 Å². The first-order chi connectivity index (χ1) is 19.6. The molecule has 2 fully saturated rings. The molecular weight excluding hydrogens is 584 g/mol. The fraction of sp³-hybridized carbons (Fsp3) is 0.333. The minimum Gasteiger partial charge on any atom is -0.506 e. The van der Waals surface area contributed by atoms with Crippen LogP contribution >= 0.6 is 12.4 Å². The number of hydrogen-bond donors (Lipinski definition) is 6. The van der Waals surface area contributed by atoms with Gasteiger partial charge in [0.25, 0.3) is 5.91 Å². The van der Waals surface area contributed by atoms with Gasteiger partial charge in [0.05, 0.1) is 5.56 Å². The first-order valence-electron chi connectivity index (χ1n) is 14.0. The molecule has 0 unspecified atom stereocenters. The van der Waals surface area contributed by atoms with Crippen LogP contribution in [-0.4, -0.2) is 63.7 Å². The number of hydrogen-bond acceptors (Lipinski definition) is 11. The lowest BCUT2D eigenvalue weighted by Gasteiger charge is -2.29. The van der Waals surface area contributed by atoms with E-state index in [4.69, 9.17) is 20.7 Å². The Labute approximate surface area is 267 Å². The number of carbonyl (C=O) groups excluding carboxylic acids is 1. The predicted octanol–water partition coefficient (Wildman–Crippen LogP) is 5.30. The summed E-state index contributed by atoms with van der Waals surface area (Å²) in [4.78, 5) is 31.7. The van der Waals surface area contributed by atoms with Crippen molar-refractivity contribution in [3.05, 3.63) is 66.2 Å². The van der Waals surface area contributed by atoms with Gasteiger partial charge in [0, 0.05) is 53.3 Å². The van der Waals surface area contributed by atoms with Crippen LogP contribution in [0, 0.1) is 0 Å². The van der Waals surface area contributed by atoms with Crippen LogP contribution < -0.4 is 38.5 Å². The first kappa shape index (κ1) is 35.9. The lowest BCUT2D eigenvalue weighted by molar-refractivity contribution is 0.102. The lowest BCUT2D eigenvalue weighted by Crippen LogP contribution is -2.37. The number of phenolic OH excluding ortho intramolecular Hbond substituents is 1. The third-order valence-electron chi connectivity index (χ3n) is 7.70. The summed E-state index contributed by atoms with van der Waals surface area (Å²) in [6, 6.07) is 18.4. The summed E-state index contributed by atoms with van der Waals surface area (Å²) in [6.07, 6.45) is 5.59. The molecule has 14 heteroatoms. The van der Waals surface area contributed by atoms with Crippen molar-refractivity contribution in [3.8, 4) is 5.75 Å². The molecular formula is C30H49ClN10O3. The smallest absolute Gasteiger partial charge is 0.259 e. The number of nitrogens with two attached hydrogens (primary N) is 1. The van der Waals surface area contributed by atoms with Gasteiger partial charge in [0.2, 0.25) is 17.8 Å². The standard InChI is InChI=1S/C30H34N8O2.ClH.2H3N.H2O.3H2/c31-19-23-8-6-18-38(23)30-35-28(34-29(36-30)37-16-4-1-5-17-37)33-22-13-11-21(12-14-22)32-27(40)25-15-10-20-7-2-3-9-24(20)26(25)39;;;;;;;/h2-3,7,9-15,23,39H,1,4-6,8,16-19,31H2,(H,32,40)(H,33,34,35,36);1H;2*1H3;1H2;3*1H/t23-;;;;;;;/m0......./s1. The lowest BCUT2D eigenvalue weighted by atomic mass is 10.0. The summed E-state index contributed by atoms with van der Waals surface area (Å²) in [5.41, 5.74) is 7.65. The molecule has 13 N–H and O–H groups in total. The molecule has 244 valence electrons. The number of piperidine rings is 1. The maximum Gasteiger partial charge on any atom is 0.259 e. The molecule has 2 saturated heterocycles. The van der Waals surface area contributed by atoms with Crippen LogP contribution in [0.4, 0.5) is 29.2 Å². The topological polar surface area (TPSA) is 234 Å². The van der Waals surface area contributed by atoms with E-state index in [9.17, 15) is 9.90 Å². The molecule has 2 aliphatic heterocycles. The molecule has 0 spiro atoms. The van der Waals surface area contributed by atoms with Gasteiger partial charge in [0.1, 0.15) is 5.75 Å². The summed E-state index contributed by atoms with van der Waals surface area (Å²) in [5.74, 6) is 1.42. The Hall–Kier alpha value is -4.27. The van der Waals surface area contributed by atoms with Crippen LogP contribution in [0.2, 0.25) is 0 Å². The number of carbonyl (C=O) groups is 1. The fourth-order valence-corrected chi connectivity index (χ4v) is 5.52. The molecule has 0 saturated carbocycles. The second-order valence-corrected chi connectivity index (χ2v) is 10.4. The first-order valence-corrected chi connectivity index (χ1v) is 14.0. The van der Waals surface area contributed by atoms with Crippen LogP contribution in [0.15, 0.2) is 60.7 Å².